The highest BCUT2D eigenvalue weighted by atomic mass is 32.2. The van der Waals surface area contributed by atoms with Gasteiger partial charge in [0.1, 0.15) is 9.90 Å². The van der Waals surface area contributed by atoms with Crippen LogP contribution >= 0.6 is 11.3 Å². The Balaban J connectivity index is 2.47. The van der Waals surface area contributed by atoms with Crippen molar-refractivity contribution in [2.24, 2.45) is 0 Å². The van der Waals surface area contributed by atoms with Crippen LogP contribution in [0.3, 0.4) is 0 Å². The summed E-state index contributed by atoms with van der Waals surface area (Å²) in [4.78, 5) is 9.90. The van der Waals surface area contributed by atoms with Gasteiger partial charge in [-0.1, -0.05) is 11.3 Å². The molecule has 0 saturated heterocycles. The Hall–Kier alpha value is -2.27. The number of non-ortho nitro benzene ring substituents is 1. The first kappa shape index (κ1) is 15.1. The van der Waals surface area contributed by atoms with Gasteiger partial charge in [-0.3, -0.25) is 14.8 Å². The van der Waals surface area contributed by atoms with Crippen molar-refractivity contribution in [1.82, 2.24) is 10.2 Å². The number of hydrogen-bond donors (Lipinski definition) is 2. The monoisotopic (exact) mass is 329 g/mol. The average Bonchev–Trinajstić information content (AvgIpc) is 2.82. The summed E-state index contributed by atoms with van der Waals surface area (Å²) < 4.78 is 26.9. The molecule has 0 aliphatic carbocycles. The number of nitro benzene ring substituents is 1. The van der Waals surface area contributed by atoms with E-state index in [1.807, 2.05) is 0 Å². The molecule has 112 valence electrons. The lowest BCUT2D eigenvalue weighted by Gasteiger charge is -2.10. The van der Waals surface area contributed by atoms with Crippen molar-refractivity contribution in [3.8, 4) is 0 Å². The second kappa shape index (κ2) is 5.61. The molecular formula is C10H11N5O4S2. The van der Waals surface area contributed by atoms with Crippen molar-refractivity contribution < 1.29 is 13.3 Å². The van der Waals surface area contributed by atoms with Gasteiger partial charge in [0.2, 0.25) is 5.13 Å². The van der Waals surface area contributed by atoms with Crippen molar-refractivity contribution >= 4 is 37.9 Å². The van der Waals surface area contributed by atoms with Crippen molar-refractivity contribution in [3.63, 3.8) is 0 Å². The minimum Gasteiger partial charge on any atom is -0.387 e. The zero-order valence-corrected chi connectivity index (χ0v) is 12.7. The molecule has 0 saturated carbocycles. The number of sulfonamides is 1. The molecule has 0 radical (unpaired) electrons. The number of nitrogens with one attached hydrogen (secondary N) is 2. The molecular weight excluding hydrogens is 318 g/mol. The van der Waals surface area contributed by atoms with Crippen LogP contribution in [0.15, 0.2) is 23.1 Å². The summed E-state index contributed by atoms with van der Waals surface area (Å²) in [7, 11) is -2.48. The van der Waals surface area contributed by atoms with E-state index < -0.39 is 14.9 Å². The molecule has 0 unspecified atom stereocenters. The van der Waals surface area contributed by atoms with Gasteiger partial charge in [0.05, 0.1) is 10.6 Å². The highest BCUT2D eigenvalue weighted by molar-refractivity contribution is 7.93. The van der Waals surface area contributed by atoms with E-state index in [-0.39, 0.29) is 21.4 Å². The number of aromatic nitrogens is 2. The Morgan fingerprint density at radius 3 is 2.57 bits per heavy atom. The largest absolute Gasteiger partial charge is 0.387 e. The number of rotatable bonds is 5. The van der Waals surface area contributed by atoms with Crippen molar-refractivity contribution in [2.75, 3.05) is 17.1 Å². The maximum Gasteiger partial charge on any atom is 0.270 e. The molecule has 9 nitrogen and oxygen atoms in total. The standard InChI is InChI=1S/C10H11N5O4S2/c1-6-12-13-10(20-6)14-21(18,19)9-5-7(15(16)17)3-4-8(9)11-2/h3-5,11H,1-2H3,(H,13,14). The average molecular weight is 329 g/mol. The summed E-state index contributed by atoms with van der Waals surface area (Å²) >= 11 is 1.07. The maximum absolute atomic E-state index is 12.3. The van der Waals surface area contributed by atoms with Crippen LogP contribution < -0.4 is 10.0 Å². The number of aryl methyl sites for hydroxylation is 1. The highest BCUT2D eigenvalue weighted by Gasteiger charge is 2.23. The number of anilines is 2. The number of nitro groups is 1. The lowest BCUT2D eigenvalue weighted by molar-refractivity contribution is -0.385. The minimum atomic E-state index is -4.01. The fourth-order valence-electron chi connectivity index (χ4n) is 1.56. The normalized spacial score (nSPS) is 11.1. The van der Waals surface area contributed by atoms with Crippen molar-refractivity contribution in [2.45, 2.75) is 11.8 Å². The molecule has 0 atom stereocenters. The van der Waals surface area contributed by atoms with E-state index in [0.717, 1.165) is 17.4 Å². The van der Waals surface area contributed by atoms with Gasteiger partial charge in [0.25, 0.3) is 15.7 Å². The van der Waals surface area contributed by atoms with Gasteiger partial charge < -0.3 is 5.32 Å². The highest BCUT2D eigenvalue weighted by Crippen LogP contribution is 2.28. The molecule has 0 aliphatic rings. The zero-order chi connectivity index (χ0) is 15.6. The zero-order valence-electron chi connectivity index (χ0n) is 11.0. The Morgan fingerprint density at radius 2 is 2.05 bits per heavy atom. The van der Waals surface area contributed by atoms with E-state index in [1.54, 1.807) is 6.92 Å². The second-order valence-corrected chi connectivity index (χ2v) is 6.75. The van der Waals surface area contributed by atoms with Crippen LogP contribution in [-0.4, -0.2) is 30.6 Å². The van der Waals surface area contributed by atoms with E-state index in [0.29, 0.717) is 5.01 Å². The van der Waals surface area contributed by atoms with Crippen LogP contribution in [0.2, 0.25) is 0 Å². The maximum atomic E-state index is 12.3. The Morgan fingerprint density at radius 1 is 1.33 bits per heavy atom. The lowest BCUT2D eigenvalue weighted by atomic mass is 10.3. The van der Waals surface area contributed by atoms with E-state index in [9.17, 15) is 18.5 Å². The van der Waals surface area contributed by atoms with Gasteiger partial charge in [-0.15, -0.1) is 10.2 Å². The predicted molar refractivity (Wildman–Crippen MR) is 78.1 cm³/mol. The molecule has 11 heteroatoms. The summed E-state index contributed by atoms with van der Waals surface area (Å²) in [5, 5.41) is 21.5. The molecule has 21 heavy (non-hydrogen) atoms. The minimum absolute atomic E-state index is 0.0982. The van der Waals surface area contributed by atoms with Crippen LogP contribution in [0, 0.1) is 17.0 Å². The number of benzene rings is 1. The van der Waals surface area contributed by atoms with Gasteiger partial charge in [-0.2, -0.15) is 0 Å². The third-order valence-electron chi connectivity index (χ3n) is 2.48. The van der Waals surface area contributed by atoms with Crippen molar-refractivity contribution in [3.05, 3.63) is 33.3 Å². The fraction of sp³-hybridized carbons (Fsp3) is 0.200. The SMILES string of the molecule is CNc1ccc([N+](=O)[O-])cc1S(=O)(=O)Nc1nnc(C)s1. The van der Waals surface area contributed by atoms with Crippen LogP contribution in [0.1, 0.15) is 5.01 Å². The van der Waals surface area contributed by atoms with Crippen LogP contribution in [-0.2, 0) is 10.0 Å². The summed E-state index contributed by atoms with van der Waals surface area (Å²) in [6.45, 7) is 1.68. The third kappa shape index (κ3) is 3.25. The van der Waals surface area contributed by atoms with E-state index in [4.69, 9.17) is 0 Å². The molecule has 0 amide bonds. The lowest BCUT2D eigenvalue weighted by Crippen LogP contribution is -2.15. The van der Waals surface area contributed by atoms with Crippen LogP contribution in [0.25, 0.3) is 0 Å². The van der Waals surface area contributed by atoms with Crippen molar-refractivity contribution in [1.29, 1.82) is 0 Å². The third-order valence-corrected chi connectivity index (χ3v) is 4.74. The molecule has 0 fully saturated rings. The second-order valence-electron chi connectivity index (χ2n) is 3.92. The summed E-state index contributed by atoms with van der Waals surface area (Å²) in [6, 6.07) is 3.54. The molecule has 1 aromatic heterocycles. The molecule has 2 N–H and O–H groups in total. The topological polar surface area (TPSA) is 127 Å². The van der Waals surface area contributed by atoms with E-state index in [2.05, 4.69) is 20.2 Å². The molecule has 2 aromatic rings. The van der Waals surface area contributed by atoms with E-state index >= 15 is 0 Å². The van der Waals surface area contributed by atoms with Gasteiger partial charge in [-0.25, -0.2) is 8.42 Å². The predicted octanol–water partition coefficient (Wildman–Crippen LogP) is 1.60. The Kier molecular flexibility index (Phi) is 4.04. The summed E-state index contributed by atoms with van der Waals surface area (Å²) in [5.74, 6) is 0. The molecule has 2 rings (SSSR count). The van der Waals surface area contributed by atoms with Gasteiger partial charge in [0.15, 0.2) is 0 Å². The summed E-state index contributed by atoms with van der Waals surface area (Å²) in [6.07, 6.45) is 0. The fourth-order valence-corrected chi connectivity index (χ4v) is 3.62. The molecule has 0 bridgehead atoms. The number of nitrogens with zero attached hydrogens (tertiary/aromatic N) is 3. The first-order valence-corrected chi connectivity index (χ1v) is 7.92. The Labute approximate surface area is 124 Å². The van der Waals surface area contributed by atoms with Crippen LogP contribution in [0.4, 0.5) is 16.5 Å². The summed E-state index contributed by atoms with van der Waals surface area (Å²) in [5.41, 5.74) is -0.0721. The quantitative estimate of drug-likeness (QED) is 0.630. The van der Waals surface area contributed by atoms with Crippen LogP contribution in [0.5, 0.6) is 0 Å². The first-order chi connectivity index (χ1) is 9.83. The number of hydrogen-bond acceptors (Lipinski definition) is 8. The first-order valence-electron chi connectivity index (χ1n) is 5.62. The molecule has 0 aliphatic heterocycles. The van der Waals surface area contributed by atoms with Gasteiger partial charge >= 0.3 is 0 Å². The van der Waals surface area contributed by atoms with E-state index in [1.165, 1.54) is 19.2 Å². The van der Waals surface area contributed by atoms with Gasteiger partial charge in [-0.05, 0) is 13.0 Å². The molecule has 0 spiro atoms. The Bertz CT molecular complexity index is 786. The molecule has 1 aromatic carbocycles. The van der Waals surface area contributed by atoms with Gasteiger partial charge in [0, 0.05) is 19.2 Å². The molecule has 1 heterocycles. The smallest absolute Gasteiger partial charge is 0.270 e.